The molecule has 1 aromatic heterocycles. The summed E-state index contributed by atoms with van der Waals surface area (Å²) in [7, 11) is 4.23. The summed E-state index contributed by atoms with van der Waals surface area (Å²) < 4.78 is 0. The van der Waals surface area contributed by atoms with Crippen molar-refractivity contribution in [1.29, 1.82) is 0 Å². The van der Waals surface area contributed by atoms with Crippen molar-refractivity contribution in [2.24, 2.45) is 0 Å². The molecule has 0 spiro atoms. The van der Waals surface area contributed by atoms with Crippen molar-refractivity contribution in [3.8, 4) is 0 Å². The Labute approximate surface area is 120 Å². The standard InChI is InChI=1S/C15H24N4O/c1-18-7-8-19(2)13(10-18)15-16-12(9-14(20)17-15)11-5-3-4-6-11/h9,11,13H,3-8,10H2,1-2H3,(H,16,17,20). The third-order valence-electron chi connectivity index (χ3n) is 4.72. The van der Waals surface area contributed by atoms with E-state index in [1.807, 2.05) is 0 Å². The zero-order valence-corrected chi connectivity index (χ0v) is 12.4. The third kappa shape index (κ3) is 2.79. The molecule has 110 valence electrons. The third-order valence-corrected chi connectivity index (χ3v) is 4.72. The molecule has 5 nitrogen and oxygen atoms in total. The van der Waals surface area contributed by atoms with E-state index in [9.17, 15) is 4.79 Å². The molecular weight excluding hydrogens is 252 g/mol. The predicted molar refractivity (Wildman–Crippen MR) is 78.9 cm³/mol. The van der Waals surface area contributed by atoms with Crippen molar-refractivity contribution in [3.05, 3.63) is 27.9 Å². The van der Waals surface area contributed by atoms with E-state index in [2.05, 4.69) is 28.9 Å². The van der Waals surface area contributed by atoms with Crippen LogP contribution in [0.25, 0.3) is 0 Å². The van der Waals surface area contributed by atoms with Crippen molar-refractivity contribution >= 4 is 0 Å². The molecule has 1 saturated heterocycles. The van der Waals surface area contributed by atoms with E-state index in [4.69, 9.17) is 4.98 Å². The van der Waals surface area contributed by atoms with Gasteiger partial charge in [0.2, 0.25) is 0 Å². The number of aromatic nitrogens is 2. The first kappa shape index (κ1) is 13.8. The highest BCUT2D eigenvalue weighted by Crippen LogP contribution is 2.33. The second kappa shape index (κ2) is 5.66. The first-order valence-electron chi connectivity index (χ1n) is 7.63. The number of nitrogens with zero attached hydrogens (tertiary/aromatic N) is 3. The Morgan fingerprint density at radius 2 is 2.00 bits per heavy atom. The summed E-state index contributed by atoms with van der Waals surface area (Å²) in [6.45, 7) is 3.01. The highest BCUT2D eigenvalue weighted by Gasteiger charge is 2.27. The maximum Gasteiger partial charge on any atom is 0.251 e. The molecule has 0 bridgehead atoms. The van der Waals surface area contributed by atoms with Crippen LogP contribution in [0.1, 0.15) is 49.2 Å². The molecule has 1 N–H and O–H groups in total. The fourth-order valence-corrected chi connectivity index (χ4v) is 3.39. The van der Waals surface area contributed by atoms with Crippen LogP contribution in [0.3, 0.4) is 0 Å². The summed E-state index contributed by atoms with van der Waals surface area (Å²) in [6, 6.07) is 1.90. The van der Waals surface area contributed by atoms with Gasteiger partial charge >= 0.3 is 0 Å². The van der Waals surface area contributed by atoms with Crippen LogP contribution in [0.15, 0.2) is 10.9 Å². The van der Waals surface area contributed by atoms with Crippen LogP contribution in [-0.4, -0.2) is 53.5 Å². The van der Waals surface area contributed by atoms with E-state index in [1.54, 1.807) is 6.07 Å². The fraction of sp³-hybridized carbons (Fsp3) is 0.733. The Morgan fingerprint density at radius 1 is 1.25 bits per heavy atom. The molecule has 20 heavy (non-hydrogen) atoms. The van der Waals surface area contributed by atoms with Crippen molar-refractivity contribution in [3.63, 3.8) is 0 Å². The number of hydrogen-bond acceptors (Lipinski definition) is 4. The Kier molecular flexibility index (Phi) is 3.89. The smallest absolute Gasteiger partial charge is 0.251 e. The molecule has 1 aromatic rings. The van der Waals surface area contributed by atoms with Gasteiger partial charge in [0.05, 0.1) is 11.7 Å². The highest BCUT2D eigenvalue weighted by molar-refractivity contribution is 5.12. The minimum Gasteiger partial charge on any atom is -0.309 e. The van der Waals surface area contributed by atoms with Crippen LogP contribution in [0.4, 0.5) is 0 Å². The number of aromatic amines is 1. The summed E-state index contributed by atoms with van der Waals surface area (Å²) in [6.07, 6.45) is 4.88. The molecule has 0 radical (unpaired) electrons. The first-order valence-corrected chi connectivity index (χ1v) is 7.63. The predicted octanol–water partition coefficient (Wildman–Crippen LogP) is 1.35. The molecular formula is C15H24N4O. The Balaban J connectivity index is 1.90. The van der Waals surface area contributed by atoms with Gasteiger partial charge in [-0.2, -0.15) is 0 Å². The SMILES string of the molecule is CN1CCN(C)C(c2nc(C3CCCC3)cc(=O)[nH]2)C1. The van der Waals surface area contributed by atoms with Gasteiger partial charge in [0.1, 0.15) is 5.82 Å². The maximum absolute atomic E-state index is 12.0. The number of likely N-dealkylation sites (N-methyl/N-ethyl adjacent to an activating group) is 2. The van der Waals surface area contributed by atoms with Crippen LogP contribution >= 0.6 is 0 Å². The Morgan fingerprint density at radius 3 is 2.75 bits per heavy atom. The van der Waals surface area contributed by atoms with E-state index in [0.717, 1.165) is 31.2 Å². The minimum atomic E-state index is -0.00136. The summed E-state index contributed by atoms with van der Waals surface area (Å²) in [4.78, 5) is 24.3. The van der Waals surface area contributed by atoms with Crippen LogP contribution in [0.2, 0.25) is 0 Å². The van der Waals surface area contributed by atoms with Gasteiger partial charge in [-0.25, -0.2) is 4.98 Å². The Bertz CT molecular complexity index is 521. The van der Waals surface area contributed by atoms with E-state index in [0.29, 0.717) is 5.92 Å². The quantitative estimate of drug-likeness (QED) is 0.886. The summed E-state index contributed by atoms with van der Waals surface area (Å²) in [5, 5.41) is 0. The molecule has 1 unspecified atom stereocenters. The van der Waals surface area contributed by atoms with Gasteiger partial charge in [-0.15, -0.1) is 0 Å². The average molecular weight is 276 g/mol. The molecule has 1 atom stereocenters. The topological polar surface area (TPSA) is 52.2 Å². The molecule has 5 heteroatoms. The van der Waals surface area contributed by atoms with Gasteiger partial charge in [0.15, 0.2) is 0 Å². The maximum atomic E-state index is 12.0. The largest absolute Gasteiger partial charge is 0.309 e. The zero-order chi connectivity index (χ0) is 14.1. The summed E-state index contributed by atoms with van der Waals surface area (Å²) in [5.74, 6) is 1.33. The van der Waals surface area contributed by atoms with E-state index < -0.39 is 0 Å². The number of H-pyrrole nitrogens is 1. The van der Waals surface area contributed by atoms with Crippen LogP contribution in [-0.2, 0) is 0 Å². The van der Waals surface area contributed by atoms with Crippen molar-refractivity contribution in [2.75, 3.05) is 33.7 Å². The normalized spacial score (nSPS) is 26.2. The molecule has 1 aliphatic carbocycles. The lowest BCUT2D eigenvalue weighted by Gasteiger charge is -2.37. The van der Waals surface area contributed by atoms with Crippen molar-refractivity contribution in [2.45, 2.75) is 37.6 Å². The average Bonchev–Trinajstić information content (AvgIpc) is 2.95. The van der Waals surface area contributed by atoms with Crippen LogP contribution in [0.5, 0.6) is 0 Å². The summed E-state index contributed by atoms with van der Waals surface area (Å²) >= 11 is 0. The molecule has 2 heterocycles. The number of piperazine rings is 1. The molecule has 2 fully saturated rings. The van der Waals surface area contributed by atoms with Crippen molar-refractivity contribution < 1.29 is 0 Å². The van der Waals surface area contributed by atoms with Crippen LogP contribution in [0, 0.1) is 0 Å². The van der Waals surface area contributed by atoms with Gasteiger partial charge < -0.3 is 9.88 Å². The highest BCUT2D eigenvalue weighted by atomic mass is 16.1. The number of nitrogens with one attached hydrogen (secondary N) is 1. The van der Waals surface area contributed by atoms with Gasteiger partial charge in [-0.1, -0.05) is 12.8 Å². The fourth-order valence-electron chi connectivity index (χ4n) is 3.39. The molecule has 1 aliphatic heterocycles. The number of rotatable bonds is 2. The lowest BCUT2D eigenvalue weighted by Crippen LogP contribution is -2.45. The van der Waals surface area contributed by atoms with Gasteiger partial charge in [-0.05, 0) is 26.9 Å². The summed E-state index contributed by atoms with van der Waals surface area (Å²) in [5.41, 5.74) is 1.00. The van der Waals surface area contributed by atoms with E-state index in [-0.39, 0.29) is 11.6 Å². The molecule has 0 aromatic carbocycles. The van der Waals surface area contributed by atoms with E-state index in [1.165, 1.54) is 25.7 Å². The minimum absolute atomic E-state index is 0.00136. The zero-order valence-electron chi connectivity index (χ0n) is 12.4. The molecule has 1 saturated carbocycles. The molecule has 3 rings (SSSR count). The molecule has 0 amide bonds. The van der Waals surface area contributed by atoms with Gasteiger partial charge in [0, 0.05) is 31.6 Å². The monoisotopic (exact) mass is 276 g/mol. The van der Waals surface area contributed by atoms with Crippen LogP contribution < -0.4 is 5.56 Å². The van der Waals surface area contributed by atoms with Gasteiger partial charge in [0.25, 0.3) is 5.56 Å². The number of hydrogen-bond donors (Lipinski definition) is 1. The van der Waals surface area contributed by atoms with Crippen molar-refractivity contribution in [1.82, 2.24) is 19.8 Å². The van der Waals surface area contributed by atoms with Gasteiger partial charge in [-0.3, -0.25) is 9.69 Å². The lowest BCUT2D eigenvalue weighted by atomic mass is 10.0. The Hall–Kier alpha value is -1.20. The van der Waals surface area contributed by atoms with E-state index >= 15 is 0 Å². The lowest BCUT2D eigenvalue weighted by molar-refractivity contribution is 0.109. The molecule has 2 aliphatic rings. The second-order valence-electron chi connectivity index (χ2n) is 6.30. The second-order valence-corrected chi connectivity index (χ2v) is 6.30. The first-order chi connectivity index (χ1) is 9.63.